The van der Waals surface area contributed by atoms with Gasteiger partial charge in [0.1, 0.15) is 11.5 Å². The summed E-state index contributed by atoms with van der Waals surface area (Å²) >= 11 is 0. The molecule has 0 aliphatic rings. The molecular formula is C14H18N2O3. The highest BCUT2D eigenvalue weighted by Gasteiger charge is 2.19. The normalized spacial score (nSPS) is 12.6. The van der Waals surface area contributed by atoms with Gasteiger partial charge in [0.25, 0.3) is 5.91 Å². The quantitative estimate of drug-likeness (QED) is 0.897. The molecule has 0 saturated carbocycles. The second kappa shape index (κ2) is 5.75. The van der Waals surface area contributed by atoms with Gasteiger partial charge < -0.3 is 14.2 Å². The topological polar surface area (TPSA) is 58.6 Å². The first kappa shape index (κ1) is 13.4. The Labute approximate surface area is 112 Å². The van der Waals surface area contributed by atoms with Crippen LogP contribution in [0.3, 0.4) is 0 Å². The molecule has 2 aromatic heterocycles. The number of rotatable bonds is 5. The molecule has 1 amide bonds. The van der Waals surface area contributed by atoms with E-state index in [4.69, 9.17) is 8.83 Å². The second-order valence-electron chi connectivity index (χ2n) is 4.62. The van der Waals surface area contributed by atoms with Gasteiger partial charge in [0.05, 0.1) is 12.3 Å². The third-order valence-corrected chi connectivity index (χ3v) is 2.91. The summed E-state index contributed by atoms with van der Waals surface area (Å²) in [4.78, 5) is 13.8. The van der Waals surface area contributed by atoms with Crippen LogP contribution >= 0.6 is 0 Å². The summed E-state index contributed by atoms with van der Waals surface area (Å²) in [7, 11) is 3.89. The molecule has 5 heteroatoms. The van der Waals surface area contributed by atoms with Crippen molar-refractivity contribution in [2.45, 2.75) is 13.0 Å². The Bertz CT molecular complexity index is 529. The first-order valence-electron chi connectivity index (χ1n) is 6.12. The minimum atomic E-state index is -0.222. The van der Waals surface area contributed by atoms with E-state index >= 15 is 0 Å². The fraction of sp³-hybridized carbons (Fsp3) is 0.357. The number of furan rings is 2. The molecule has 0 aliphatic carbocycles. The first-order valence-corrected chi connectivity index (χ1v) is 6.12. The number of aryl methyl sites for hydroxylation is 1. The molecule has 0 aromatic carbocycles. The number of likely N-dealkylation sites (N-methyl/N-ethyl adjacent to an activating group) is 1. The summed E-state index contributed by atoms with van der Waals surface area (Å²) in [6.07, 6.45) is 1.48. The molecule has 19 heavy (non-hydrogen) atoms. The van der Waals surface area contributed by atoms with Crippen molar-refractivity contribution >= 4 is 5.91 Å². The average Bonchev–Trinajstić information content (AvgIpc) is 3.00. The van der Waals surface area contributed by atoms with E-state index in [-0.39, 0.29) is 11.9 Å². The van der Waals surface area contributed by atoms with Crippen molar-refractivity contribution < 1.29 is 13.6 Å². The summed E-state index contributed by atoms with van der Waals surface area (Å²) < 4.78 is 10.7. The molecule has 0 aliphatic heterocycles. The van der Waals surface area contributed by atoms with E-state index in [9.17, 15) is 4.79 Å². The van der Waals surface area contributed by atoms with Gasteiger partial charge >= 0.3 is 0 Å². The van der Waals surface area contributed by atoms with Crippen LogP contribution in [0.15, 0.2) is 39.4 Å². The molecule has 0 saturated heterocycles. The van der Waals surface area contributed by atoms with Gasteiger partial charge in [0.15, 0.2) is 5.76 Å². The Morgan fingerprint density at radius 2 is 2.16 bits per heavy atom. The highest BCUT2D eigenvalue weighted by molar-refractivity contribution is 5.91. The van der Waals surface area contributed by atoms with E-state index in [1.165, 1.54) is 6.26 Å². The molecule has 5 nitrogen and oxygen atoms in total. The Hall–Kier alpha value is -2.01. The summed E-state index contributed by atoms with van der Waals surface area (Å²) in [6, 6.07) is 7.16. The van der Waals surface area contributed by atoms with Gasteiger partial charge in [-0.3, -0.25) is 9.69 Å². The molecule has 0 spiro atoms. The van der Waals surface area contributed by atoms with E-state index in [0.717, 1.165) is 11.5 Å². The summed E-state index contributed by atoms with van der Waals surface area (Å²) in [5.41, 5.74) is 0. The number of nitrogens with zero attached hydrogens (tertiary/aromatic N) is 1. The maximum absolute atomic E-state index is 11.8. The molecule has 2 heterocycles. The molecule has 0 bridgehead atoms. The van der Waals surface area contributed by atoms with Crippen LogP contribution in [0.1, 0.15) is 28.1 Å². The van der Waals surface area contributed by atoms with Crippen molar-refractivity contribution in [2.75, 3.05) is 20.6 Å². The Kier molecular flexibility index (Phi) is 4.06. The van der Waals surface area contributed by atoms with Gasteiger partial charge in [-0.2, -0.15) is 0 Å². The lowest BCUT2D eigenvalue weighted by Crippen LogP contribution is -2.34. The average molecular weight is 262 g/mol. The van der Waals surface area contributed by atoms with Crippen LogP contribution in [0.4, 0.5) is 0 Å². The van der Waals surface area contributed by atoms with Gasteiger partial charge in [0.2, 0.25) is 0 Å². The fourth-order valence-electron chi connectivity index (χ4n) is 1.85. The third-order valence-electron chi connectivity index (χ3n) is 2.91. The number of nitrogens with one attached hydrogen (secondary N) is 1. The third kappa shape index (κ3) is 3.26. The van der Waals surface area contributed by atoms with Gasteiger partial charge in [-0.15, -0.1) is 0 Å². The van der Waals surface area contributed by atoms with Crippen LogP contribution < -0.4 is 5.32 Å². The van der Waals surface area contributed by atoms with Crippen molar-refractivity contribution in [1.29, 1.82) is 0 Å². The van der Waals surface area contributed by atoms with Crippen LogP contribution in [0, 0.1) is 6.92 Å². The van der Waals surface area contributed by atoms with Crippen molar-refractivity contribution in [1.82, 2.24) is 10.2 Å². The maximum Gasteiger partial charge on any atom is 0.287 e. The summed E-state index contributed by atoms with van der Waals surface area (Å²) in [5.74, 6) is 1.79. The summed E-state index contributed by atoms with van der Waals surface area (Å²) in [6.45, 7) is 2.36. The van der Waals surface area contributed by atoms with E-state index in [1.54, 1.807) is 12.1 Å². The number of amides is 1. The standard InChI is InChI=1S/C14H18N2O3/c1-10-6-7-12(19-10)11(16(2)3)9-15-14(17)13-5-4-8-18-13/h4-8,11H,9H2,1-3H3,(H,15,17)/t11-/m1/s1. The molecule has 0 radical (unpaired) electrons. The van der Waals surface area contributed by atoms with Crippen molar-refractivity contribution in [2.24, 2.45) is 0 Å². The van der Waals surface area contributed by atoms with Crippen LogP contribution in [0.25, 0.3) is 0 Å². The van der Waals surface area contributed by atoms with Gasteiger partial charge in [-0.05, 0) is 45.3 Å². The molecule has 2 aromatic rings. The number of carbonyl (C=O) groups excluding carboxylic acids is 1. The van der Waals surface area contributed by atoms with E-state index in [0.29, 0.717) is 12.3 Å². The lowest BCUT2D eigenvalue weighted by atomic mass is 10.2. The first-order chi connectivity index (χ1) is 9.08. The van der Waals surface area contributed by atoms with Crippen LogP contribution in [0.5, 0.6) is 0 Å². The van der Waals surface area contributed by atoms with Crippen molar-refractivity contribution in [3.05, 3.63) is 47.8 Å². The van der Waals surface area contributed by atoms with Crippen LogP contribution in [0.2, 0.25) is 0 Å². The largest absolute Gasteiger partial charge is 0.465 e. The van der Waals surface area contributed by atoms with E-state index in [1.807, 2.05) is 38.1 Å². The molecule has 1 atom stereocenters. The minimum Gasteiger partial charge on any atom is -0.465 e. The van der Waals surface area contributed by atoms with E-state index < -0.39 is 0 Å². The zero-order valence-corrected chi connectivity index (χ0v) is 11.3. The molecule has 0 fully saturated rings. The molecule has 102 valence electrons. The Morgan fingerprint density at radius 1 is 1.37 bits per heavy atom. The molecule has 2 rings (SSSR count). The predicted molar refractivity (Wildman–Crippen MR) is 70.9 cm³/mol. The van der Waals surface area contributed by atoms with E-state index in [2.05, 4.69) is 5.32 Å². The zero-order chi connectivity index (χ0) is 13.8. The SMILES string of the molecule is Cc1ccc([C@@H](CNC(=O)c2ccco2)N(C)C)o1. The zero-order valence-electron chi connectivity index (χ0n) is 11.3. The van der Waals surface area contributed by atoms with Crippen molar-refractivity contribution in [3.63, 3.8) is 0 Å². The minimum absolute atomic E-state index is 0.00684. The Morgan fingerprint density at radius 3 is 2.68 bits per heavy atom. The van der Waals surface area contributed by atoms with Gasteiger partial charge in [-0.1, -0.05) is 0 Å². The Balaban J connectivity index is 2.00. The van der Waals surface area contributed by atoms with Crippen LogP contribution in [-0.2, 0) is 0 Å². The monoisotopic (exact) mass is 262 g/mol. The number of hydrogen-bond acceptors (Lipinski definition) is 4. The lowest BCUT2D eigenvalue weighted by Gasteiger charge is -2.22. The predicted octanol–water partition coefficient (Wildman–Crippen LogP) is 2.21. The van der Waals surface area contributed by atoms with Gasteiger partial charge in [-0.25, -0.2) is 0 Å². The van der Waals surface area contributed by atoms with Crippen LogP contribution in [-0.4, -0.2) is 31.4 Å². The second-order valence-corrected chi connectivity index (χ2v) is 4.62. The summed E-state index contributed by atoms with van der Waals surface area (Å²) in [5, 5.41) is 2.84. The number of hydrogen-bond donors (Lipinski definition) is 1. The molecular weight excluding hydrogens is 244 g/mol. The molecule has 1 N–H and O–H groups in total. The van der Waals surface area contributed by atoms with Gasteiger partial charge in [0, 0.05) is 6.54 Å². The highest BCUT2D eigenvalue weighted by atomic mass is 16.3. The number of carbonyl (C=O) groups is 1. The highest BCUT2D eigenvalue weighted by Crippen LogP contribution is 2.20. The smallest absolute Gasteiger partial charge is 0.287 e. The molecule has 0 unspecified atom stereocenters. The lowest BCUT2D eigenvalue weighted by molar-refractivity contribution is 0.0911. The van der Waals surface area contributed by atoms with Crippen molar-refractivity contribution in [3.8, 4) is 0 Å². The fourth-order valence-corrected chi connectivity index (χ4v) is 1.85. The maximum atomic E-state index is 11.8.